The molecule has 2 aromatic rings. The van der Waals surface area contributed by atoms with Gasteiger partial charge in [-0.05, 0) is 30.0 Å². The molecule has 0 saturated carbocycles. The van der Waals surface area contributed by atoms with Crippen molar-refractivity contribution in [1.82, 2.24) is 16.2 Å². The second-order valence-electron chi connectivity index (χ2n) is 5.52. The summed E-state index contributed by atoms with van der Waals surface area (Å²) >= 11 is 1.45. The maximum Gasteiger partial charge on any atom is 0.257 e. The second-order valence-corrected chi connectivity index (χ2v) is 6.30. The van der Waals surface area contributed by atoms with Crippen LogP contribution in [0.15, 0.2) is 41.1 Å². The van der Waals surface area contributed by atoms with Crippen LogP contribution in [-0.2, 0) is 9.59 Å². The monoisotopic (exact) mass is 390 g/mol. The number of thiophene rings is 1. The van der Waals surface area contributed by atoms with E-state index >= 15 is 0 Å². The van der Waals surface area contributed by atoms with Crippen molar-refractivity contribution < 1.29 is 19.1 Å². The SMILES string of the molecule is COc1ccccc1NCC(=O)NNC(=O)CCCNC(=O)c1ccsc1. The van der Waals surface area contributed by atoms with Crippen LogP contribution in [0.3, 0.4) is 0 Å². The van der Waals surface area contributed by atoms with Gasteiger partial charge >= 0.3 is 0 Å². The molecule has 9 heteroatoms. The molecule has 1 heterocycles. The molecule has 0 unspecified atom stereocenters. The Labute approximate surface area is 161 Å². The van der Waals surface area contributed by atoms with Crippen LogP contribution in [0.4, 0.5) is 5.69 Å². The summed E-state index contributed by atoms with van der Waals surface area (Å²) in [5, 5.41) is 9.25. The van der Waals surface area contributed by atoms with Gasteiger partial charge in [-0.15, -0.1) is 0 Å². The van der Waals surface area contributed by atoms with Gasteiger partial charge in [0.2, 0.25) is 5.91 Å². The highest BCUT2D eigenvalue weighted by atomic mass is 32.1. The molecule has 3 amide bonds. The first kappa shape index (κ1) is 20.2. The number of carbonyl (C=O) groups is 3. The predicted octanol–water partition coefficient (Wildman–Crippen LogP) is 1.53. The van der Waals surface area contributed by atoms with E-state index in [0.717, 1.165) is 0 Å². The largest absolute Gasteiger partial charge is 0.495 e. The smallest absolute Gasteiger partial charge is 0.257 e. The topological polar surface area (TPSA) is 109 Å². The zero-order valence-electron chi connectivity index (χ0n) is 14.9. The van der Waals surface area contributed by atoms with Gasteiger partial charge in [0, 0.05) is 23.9 Å². The van der Waals surface area contributed by atoms with Crippen molar-refractivity contribution in [3.8, 4) is 5.75 Å². The Morgan fingerprint density at radius 2 is 1.85 bits per heavy atom. The van der Waals surface area contributed by atoms with Crippen molar-refractivity contribution in [2.24, 2.45) is 0 Å². The van der Waals surface area contributed by atoms with Gasteiger partial charge in [-0.3, -0.25) is 25.2 Å². The van der Waals surface area contributed by atoms with E-state index in [4.69, 9.17) is 4.74 Å². The average molecular weight is 390 g/mol. The van der Waals surface area contributed by atoms with Crippen molar-refractivity contribution in [2.45, 2.75) is 12.8 Å². The minimum atomic E-state index is -0.389. The normalized spacial score (nSPS) is 9.96. The third-order valence-electron chi connectivity index (χ3n) is 3.54. The zero-order valence-corrected chi connectivity index (χ0v) is 15.7. The summed E-state index contributed by atoms with van der Waals surface area (Å²) < 4.78 is 5.18. The first-order chi connectivity index (χ1) is 13.1. The second kappa shape index (κ2) is 10.8. The van der Waals surface area contributed by atoms with Gasteiger partial charge in [0.1, 0.15) is 5.75 Å². The molecule has 8 nitrogen and oxygen atoms in total. The lowest BCUT2D eigenvalue weighted by molar-refractivity contribution is -0.128. The van der Waals surface area contributed by atoms with Crippen LogP contribution in [0, 0.1) is 0 Å². The van der Waals surface area contributed by atoms with E-state index in [2.05, 4.69) is 21.5 Å². The summed E-state index contributed by atoms with van der Waals surface area (Å²) in [5.41, 5.74) is 5.97. The number of anilines is 1. The number of methoxy groups -OCH3 is 1. The Bertz CT molecular complexity index is 764. The summed E-state index contributed by atoms with van der Waals surface area (Å²) in [7, 11) is 1.55. The van der Waals surface area contributed by atoms with E-state index in [0.29, 0.717) is 30.0 Å². The molecular weight excluding hydrogens is 368 g/mol. The number of ether oxygens (including phenoxy) is 1. The summed E-state index contributed by atoms with van der Waals surface area (Å²) in [6.45, 7) is 0.364. The van der Waals surface area contributed by atoms with E-state index in [1.54, 1.807) is 30.7 Å². The molecule has 4 N–H and O–H groups in total. The standard InChI is InChI=1S/C18H22N4O4S/c1-26-15-6-3-2-5-14(15)20-11-17(24)22-21-16(23)7-4-9-19-18(25)13-8-10-27-12-13/h2-3,5-6,8,10,12,20H,4,7,9,11H2,1H3,(H,19,25)(H,21,23)(H,22,24). The number of hydrogen-bond donors (Lipinski definition) is 4. The molecule has 2 rings (SSSR count). The summed E-state index contributed by atoms with van der Waals surface area (Å²) in [6, 6.07) is 8.95. The minimum Gasteiger partial charge on any atom is -0.495 e. The molecule has 0 saturated heterocycles. The lowest BCUT2D eigenvalue weighted by Crippen LogP contribution is -2.44. The van der Waals surface area contributed by atoms with Gasteiger partial charge in [0.05, 0.1) is 19.3 Å². The molecular formula is C18H22N4O4S. The Morgan fingerprint density at radius 1 is 1.07 bits per heavy atom. The van der Waals surface area contributed by atoms with Crippen LogP contribution in [0.25, 0.3) is 0 Å². The van der Waals surface area contributed by atoms with Crippen LogP contribution in [0.1, 0.15) is 23.2 Å². The van der Waals surface area contributed by atoms with Crippen molar-refractivity contribution in [1.29, 1.82) is 0 Å². The number of rotatable bonds is 9. The summed E-state index contributed by atoms with van der Waals surface area (Å²) in [5.74, 6) is -0.253. The molecule has 0 spiro atoms. The van der Waals surface area contributed by atoms with Crippen LogP contribution in [0.2, 0.25) is 0 Å². The van der Waals surface area contributed by atoms with E-state index in [-0.39, 0.29) is 30.7 Å². The number of nitrogens with one attached hydrogen (secondary N) is 4. The molecule has 0 aliphatic rings. The molecule has 1 aromatic heterocycles. The van der Waals surface area contributed by atoms with Crippen LogP contribution < -0.4 is 26.2 Å². The highest BCUT2D eigenvalue weighted by molar-refractivity contribution is 7.08. The fraction of sp³-hybridized carbons (Fsp3) is 0.278. The van der Waals surface area contributed by atoms with Crippen molar-refractivity contribution in [3.63, 3.8) is 0 Å². The fourth-order valence-electron chi connectivity index (χ4n) is 2.16. The highest BCUT2D eigenvalue weighted by Crippen LogP contribution is 2.22. The van der Waals surface area contributed by atoms with E-state index < -0.39 is 0 Å². The van der Waals surface area contributed by atoms with Crippen LogP contribution in [0.5, 0.6) is 5.75 Å². The average Bonchev–Trinajstić information content (AvgIpc) is 3.23. The van der Waals surface area contributed by atoms with Crippen molar-refractivity contribution in [2.75, 3.05) is 25.5 Å². The van der Waals surface area contributed by atoms with Gasteiger partial charge < -0.3 is 15.4 Å². The highest BCUT2D eigenvalue weighted by Gasteiger charge is 2.08. The van der Waals surface area contributed by atoms with Gasteiger partial charge in [-0.2, -0.15) is 11.3 Å². The molecule has 0 radical (unpaired) electrons. The molecule has 0 bridgehead atoms. The van der Waals surface area contributed by atoms with E-state index in [1.807, 2.05) is 17.5 Å². The molecule has 0 aliphatic carbocycles. The Kier molecular flexibility index (Phi) is 8.11. The predicted molar refractivity (Wildman–Crippen MR) is 104 cm³/mol. The number of carbonyl (C=O) groups excluding carboxylic acids is 3. The molecule has 0 aliphatic heterocycles. The first-order valence-electron chi connectivity index (χ1n) is 8.35. The third kappa shape index (κ3) is 6.98. The zero-order chi connectivity index (χ0) is 19.5. The maximum atomic E-state index is 11.8. The van der Waals surface area contributed by atoms with Gasteiger partial charge in [-0.25, -0.2) is 0 Å². The van der Waals surface area contributed by atoms with Crippen LogP contribution in [-0.4, -0.2) is 37.9 Å². The van der Waals surface area contributed by atoms with Crippen molar-refractivity contribution in [3.05, 3.63) is 46.7 Å². The van der Waals surface area contributed by atoms with Crippen LogP contribution >= 0.6 is 11.3 Å². The molecule has 0 atom stereocenters. The van der Waals surface area contributed by atoms with E-state index in [1.165, 1.54) is 11.3 Å². The van der Waals surface area contributed by atoms with Gasteiger partial charge in [-0.1, -0.05) is 12.1 Å². The molecule has 1 aromatic carbocycles. The maximum absolute atomic E-state index is 11.8. The van der Waals surface area contributed by atoms with Crippen molar-refractivity contribution >= 4 is 34.7 Å². The Hall–Kier alpha value is -3.07. The Morgan fingerprint density at radius 3 is 2.59 bits per heavy atom. The van der Waals surface area contributed by atoms with Gasteiger partial charge in [0.25, 0.3) is 11.8 Å². The van der Waals surface area contributed by atoms with E-state index in [9.17, 15) is 14.4 Å². The number of hydrogen-bond acceptors (Lipinski definition) is 6. The number of amides is 3. The molecule has 0 fully saturated rings. The fourth-order valence-corrected chi connectivity index (χ4v) is 2.79. The molecule has 27 heavy (non-hydrogen) atoms. The lowest BCUT2D eigenvalue weighted by atomic mass is 10.3. The first-order valence-corrected chi connectivity index (χ1v) is 9.29. The summed E-state index contributed by atoms with van der Waals surface area (Å²) in [6.07, 6.45) is 0.654. The molecule has 144 valence electrons. The third-order valence-corrected chi connectivity index (χ3v) is 4.22. The number of para-hydroxylation sites is 2. The number of hydrazine groups is 1. The minimum absolute atomic E-state index is 0.0165. The quantitative estimate of drug-likeness (QED) is 0.384. The summed E-state index contributed by atoms with van der Waals surface area (Å²) in [4.78, 5) is 35.2. The number of benzene rings is 1. The van der Waals surface area contributed by atoms with Gasteiger partial charge in [0.15, 0.2) is 0 Å². The lowest BCUT2D eigenvalue weighted by Gasteiger charge is -2.11. The Balaban J connectivity index is 1.58.